The quantitative estimate of drug-likeness (QED) is 0.770. The highest BCUT2D eigenvalue weighted by atomic mass is 35.5. The van der Waals surface area contributed by atoms with Crippen molar-refractivity contribution < 1.29 is 17.9 Å². The third kappa shape index (κ3) is 5.58. The van der Waals surface area contributed by atoms with Gasteiger partial charge < -0.3 is 10.1 Å². The number of amides is 1. The number of ether oxygens (including phenoxy) is 1. The molecular weight excluding hydrogens is 340 g/mol. The lowest BCUT2D eigenvalue weighted by Crippen LogP contribution is -2.35. The summed E-state index contributed by atoms with van der Waals surface area (Å²) in [4.78, 5) is 11.8. The first kappa shape index (κ1) is 19.6. The monoisotopic (exact) mass is 362 g/mol. The van der Waals surface area contributed by atoms with E-state index >= 15 is 0 Å². The second-order valence-electron chi connectivity index (χ2n) is 5.21. The van der Waals surface area contributed by atoms with E-state index in [4.69, 9.17) is 16.3 Å². The van der Waals surface area contributed by atoms with Crippen LogP contribution >= 0.6 is 11.6 Å². The molecule has 1 N–H and O–H groups in total. The van der Waals surface area contributed by atoms with E-state index in [9.17, 15) is 13.2 Å². The number of nitrogens with zero attached hydrogens (tertiary/aromatic N) is 1. The molecular formula is C15H23ClN2O4S. The first-order chi connectivity index (χ1) is 10.7. The molecule has 0 aliphatic carbocycles. The highest BCUT2D eigenvalue weighted by molar-refractivity contribution is 7.92. The Kier molecular flexibility index (Phi) is 7.15. The molecule has 0 aliphatic heterocycles. The number of hydrogen-bond donors (Lipinski definition) is 1. The molecule has 0 spiro atoms. The summed E-state index contributed by atoms with van der Waals surface area (Å²) in [7, 11) is -2.12. The van der Waals surface area contributed by atoms with Gasteiger partial charge in [-0.25, -0.2) is 8.42 Å². The van der Waals surface area contributed by atoms with Gasteiger partial charge in [0.2, 0.25) is 15.9 Å². The molecule has 1 rings (SSSR count). The largest absolute Gasteiger partial charge is 0.494 e. The Bertz CT molecular complexity index is 662. The molecule has 0 unspecified atom stereocenters. The van der Waals surface area contributed by atoms with E-state index in [1.807, 2.05) is 6.92 Å². The lowest BCUT2D eigenvalue weighted by Gasteiger charge is -2.24. The summed E-state index contributed by atoms with van der Waals surface area (Å²) < 4.78 is 30.7. The van der Waals surface area contributed by atoms with Crippen molar-refractivity contribution in [3.05, 3.63) is 22.7 Å². The van der Waals surface area contributed by atoms with Gasteiger partial charge in [0.1, 0.15) is 5.75 Å². The number of benzene rings is 1. The first-order valence-electron chi connectivity index (χ1n) is 7.29. The third-order valence-electron chi connectivity index (χ3n) is 3.24. The second kappa shape index (κ2) is 8.40. The van der Waals surface area contributed by atoms with Crippen LogP contribution in [0.25, 0.3) is 0 Å². The van der Waals surface area contributed by atoms with E-state index in [0.29, 0.717) is 23.0 Å². The molecule has 0 radical (unpaired) electrons. The van der Waals surface area contributed by atoms with Gasteiger partial charge in [0.25, 0.3) is 0 Å². The molecule has 130 valence electrons. The van der Waals surface area contributed by atoms with Crippen LogP contribution in [-0.4, -0.2) is 40.8 Å². The molecule has 1 aromatic carbocycles. The predicted octanol–water partition coefficient (Wildman–Crippen LogP) is 2.34. The number of hydrogen-bond acceptors (Lipinski definition) is 4. The van der Waals surface area contributed by atoms with Gasteiger partial charge in [-0.3, -0.25) is 9.10 Å². The van der Waals surface area contributed by atoms with Crippen molar-refractivity contribution in [3.63, 3.8) is 0 Å². The van der Waals surface area contributed by atoms with Crippen LogP contribution in [0.4, 0.5) is 5.69 Å². The van der Waals surface area contributed by atoms with Gasteiger partial charge in [0.15, 0.2) is 0 Å². The Balaban J connectivity index is 3.09. The van der Waals surface area contributed by atoms with E-state index in [-0.39, 0.29) is 18.9 Å². The minimum atomic E-state index is -3.57. The lowest BCUT2D eigenvalue weighted by molar-refractivity contribution is -0.120. The van der Waals surface area contributed by atoms with E-state index in [1.165, 1.54) is 11.4 Å². The molecule has 0 saturated heterocycles. The Labute approximate surface area is 142 Å². The number of nitrogens with one attached hydrogen (secondary N) is 1. The summed E-state index contributed by atoms with van der Waals surface area (Å²) in [6.07, 6.45) is 1.99. The van der Waals surface area contributed by atoms with Crippen LogP contribution in [0.2, 0.25) is 5.02 Å². The van der Waals surface area contributed by atoms with Gasteiger partial charge in [0, 0.05) is 30.6 Å². The van der Waals surface area contributed by atoms with Gasteiger partial charge in [-0.1, -0.05) is 18.5 Å². The Morgan fingerprint density at radius 1 is 1.39 bits per heavy atom. The van der Waals surface area contributed by atoms with Crippen LogP contribution < -0.4 is 14.4 Å². The summed E-state index contributed by atoms with van der Waals surface area (Å²) in [6, 6.07) is 3.22. The molecule has 1 amide bonds. The first-order valence-corrected chi connectivity index (χ1v) is 9.51. The molecule has 0 saturated carbocycles. The van der Waals surface area contributed by atoms with Gasteiger partial charge in [-0.2, -0.15) is 0 Å². The third-order valence-corrected chi connectivity index (χ3v) is 4.83. The van der Waals surface area contributed by atoms with Gasteiger partial charge >= 0.3 is 0 Å². The standard InChI is InChI=1S/C15H23ClN2O4S/c1-5-7-17-15(19)6-8-18(23(4,20)21)13-9-11(2)12(16)10-14(13)22-3/h9-10H,5-8H2,1-4H3,(H,17,19). The van der Waals surface area contributed by atoms with Crippen molar-refractivity contribution in [2.24, 2.45) is 0 Å². The molecule has 0 aliphatic rings. The maximum Gasteiger partial charge on any atom is 0.232 e. The number of anilines is 1. The van der Waals surface area contributed by atoms with Crippen molar-refractivity contribution in [1.29, 1.82) is 0 Å². The molecule has 0 fully saturated rings. The lowest BCUT2D eigenvalue weighted by atomic mass is 10.2. The Morgan fingerprint density at radius 2 is 2.04 bits per heavy atom. The number of carbonyl (C=O) groups excluding carboxylic acids is 1. The van der Waals surface area contributed by atoms with Crippen molar-refractivity contribution in [3.8, 4) is 5.75 Å². The fourth-order valence-corrected chi connectivity index (χ4v) is 3.10. The summed E-state index contributed by atoms with van der Waals surface area (Å²) in [6.45, 7) is 4.33. The maximum absolute atomic E-state index is 12.1. The van der Waals surface area contributed by atoms with Crippen molar-refractivity contribution in [2.45, 2.75) is 26.7 Å². The van der Waals surface area contributed by atoms with Crippen LogP contribution in [0.3, 0.4) is 0 Å². The van der Waals surface area contributed by atoms with Gasteiger partial charge in [0.05, 0.1) is 19.1 Å². The molecule has 0 bridgehead atoms. The zero-order valence-corrected chi connectivity index (χ0v) is 15.4. The number of halogens is 1. The van der Waals surface area contributed by atoms with Gasteiger partial charge in [-0.15, -0.1) is 0 Å². The Hall–Kier alpha value is -1.47. The number of aryl methyl sites for hydroxylation is 1. The SMILES string of the molecule is CCCNC(=O)CCN(c1cc(C)c(Cl)cc1OC)S(C)(=O)=O. The molecule has 0 aromatic heterocycles. The van der Waals surface area contributed by atoms with Crippen molar-refractivity contribution in [2.75, 3.05) is 30.8 Å². The van der Waals surface area contributed by atoms with Crippen LogP contribution in [-0.2, 0) is 14.8 Å². The summed E-state index contributed by atoms with van der Waals surface area (Å²) >= 11 is 6.06. The van der Waals surface area contributed by atoms with E-state index < -0.39 is 10.0 Å². The van der Waals surface area contributed by atoms with Crippen molar-refractivity contribution in [1.82, 2.24) is 5.32 Å². The average Bonchev–Trinajstić information content (AvgIpc) is 2.47. The number of sulfonamides is 1. The topological polar surface area (TPSA) is 75.7 Å². The summed E-state index contributed by atoms with van der Waals surface area (Å²) in [5, 5.41) is 3.21. The molecule has 0 heterocycles. The molecule has 23 heavy (non-hydrogen) atoms. The zero-order chi connectivity index (χ0) is 17.6. The van der Waals surface area contributed by atoms with E-state index in [0.717, 1.165) is 18.2 Å². The molecule has 0 atom stereocenters. The smallest absolute Gasteiger partial charge is 0.232 e. The fraction of sp³-hybridized carbons (Fsp3) is 0.533. The molecule has 1 aromatic rings. The summed E-state index contributed by atoms with van der Waals surface area (Å²) in [5.74, 6) is 0.158. The van der Waals surface area contributed by atoms with Gasteiger partial charge in [-0.05, 0) is 25.0 Å². The average molecular weight is 363 g/mol. The van der Waals surface area contributed by atoms with Crippen molar-refractivity contribution >= 4 is 33.2 Å². The number of methoxy groups -OCH3 is 1. The van der Waals surface area contributed by atoms with E-state index in [2.05, 4.69) is 5.32 Å². The number of carbonyl (C=O) groups is 1. The van der Waals surface area contributed by atoms with Crippen LogP contribution in [0.1, 0.15) is 25.3 Å². The van der Waals surface area contributed by atoms with Crippen LogP contribution in [0.5, 0.6) is 5.75 Å². The minimum absolute atomic E-state index is 0.0335. The minimum Gasteiger partial charge on any atom is -0.494 e. The van der Waals surface area contributed by atoms with E-state index in [1.54, 1.807) is 19.1 Å². The second-order valence-corrected chi connectivity index (χ2v) is 7.52. The Morgan fingerprint density at radius 3 is 2.57 bits per heavy atom. The zero-order valence-electron chi connectivity index (χ0n) is 13.8. The normalized spacial score (nSPS) is 11.2. The highest BCUT2D eigenvalue weighted by Crippen LogP contribution is 2.35. The maximum atomic E-state index is 12.1. The highest BCUT2D eigenvalue weighted by Gasteiger charge is 2.23. The summed E-state index contributed by atoms with van der Waals surface area (Å²) in [5.41, 5.74) is 1.10. The van der Waals surface area contributed by atoms with Crippen LogP contribution in [0.15, 0.2) is 12.1 Å². The number of rotatable bonds is 8. The fourth-order valence-electron chi connectivity index (χ4n) is 2.03. The molecule has 8 heteroatoms. The predicted molar refractivity (Wildman–Crippen MR) is 92.8 cm³/mol. The van der Waals surface area contributed by atoms with Crippen LogP contribution in [0, 0.1) is 6.92 Å². The molecule has 6 nitrogen and oxygen atoms in total.